The molecule has 8 heteroatoms. The maximum absolute atomic E-state index is 14.0. The lowest BCUT2D eigenvalue weighted by molar-refractivity contribution is 0.343. The molecule has 2 N–H and O–H groups in total. The summed E-state index contributed by atoms with van der Waals surface area (Å²) in [6, 6.07) is 5.31. The average Bonchev–Trinajstić information content (AvgIpc) is 3.45. The van der Waals surface area contributed by atoms with Crippen LogP contribution in [0.4, 0.5) is 4.39 Å². The Bertz CT molecular complexity index is 1320. The molecule has 1 aliphatic rings. The molecule has 0 spiro atoms. The molecule has 164 valence electrons. The highest BCUT2D eigenvalue weighted by molar-refractivity contribution is 6.38. The molecule has 0 saturated carbocycles. The van der Waals surface area contributed by atoms with Crippen LogP contribution in [0.15, 0.2) is 43.0 Å². The minimum Gasteiger partial charge on any atom is -0.346 e. The summed E-state index contributed by atoms with van der Waals surface area (Å²) in [6.45, 7) is 3.90. The van der Waals surface area contributed by atoms with Gasteiger partial charge in [-0.1, -0.05) is 23.2 Å². The molecular weight excluding hydrogens is 448 g/mol. The van der Waals surface area contributed by atoms with Gasteiger partial charge in [-0.25, -0.2) is 9.37 Å². The van der Waals surface area contributed by atoms with Gasteiger partial charge in [0.15, 0.2) is 0 Å². The van der Waals surface area contributed by atoms with E-state index in [1.165, 1.54) is 12.1 Å². The van der Waals surface area contributed by atoms with Crippen LogP contribution >= 0.6 is 23.2 Å². The quantitative estimate of drug-likeness (QED) is 0.342. The number of nitrogens with one attached hydrogen (secondary N) is 2. The van der Waals surface area contributed by atoms with E-state index in [2.05, 4.69) is 37.3 Å². The summed E-state index contributed by atoms with van der Waals surface area (Å²) in [5.41, 5.74) is 4.98. The Morgan fingerprint density at radius 1 is 1.19 bits per heavy atom. The first-order valence-electron chi connectivity index (χ1n) is 10.6. The molecule has 1 aromatic carbocycles. The third-order valence-electron chi connectivity index (χ3n) is 5.99. The molecule has 0 aliphatic carbocycles. The van der Waals surface area contributed by atoms with Crippen molar-refractivity contribution in [3.05, 3.63) is 70.0 Å². The van der Waals surface area contributed by atoms with Gasteiger partial charge in [0.2, 0.25) is 0 Å². The van der Waals surface area contributed by atoms with Gasteiger partial charge < -0.3 is 10.3 Å². The van der Waals surface area contributed by atoms with Crippen LogP contribution in [0.2, 0.25) is 10.0 Å². The molecule has 0 amide bonds. The lowest BCUT2D eigenvalue weighted by atomic mass is 10.0. The number of aromatic nitrogens is 4. The lowest BCUT2D eigenvalue weighted by Crippen LogP contribution is -2.29. The van der Waals surface area contributed by atoms with Crippen molar-refractivity contribution in [3.63, 3.8) is 0 Å². The monoisotopic (exact) mass is 469 g/mol. The Balaban J connectivity index is 1.51. The molecule has 4 aromatic rings. The van der Waals surface area contributed by atoms with Gasteiger partial charge in [0.25, 0.3) is 0 Å². The summed E-state index contributed by atoms with van der Waals surface area (Å²) in [5, 5.41) is 9.38. The van der Waals surface area contributed by atoms with E-state index in [-0.39, 0.29) is 5.02 Å². The third kappa shape index (κ3) is 3.94. The van der Waals surface area contributed by atoms with Crippen LogP contribution in [0.5, 0.6) is 0 Å². The summed E-state index contributed by atoms with van der Waals surface area (Å²) in [4.78, 5) is 7.78. The van der Waals surface area contributed by atoms with Crippen molar-refractivity contribution in [2.75, 3.05) is 13.1 Å². The lowest BCUT2D eigenvalue weighted by Gasteiger charge is -2.22. The third-order valence-corrected chi connectivity index (χ3v) is 6.68. The van der Waals surface area contributed by atoms with Crippen LogP contribution in [-0.2, 0) is 0 Å². The normalized spacial score (nSPS) is 15.6. The zero-order valence-electron chi connectivity index (χ0n) is 17.5. The van der Waals surface area contributed by atoms with E-state index in [4.69, 9.17) is 23.2 Å². The maximum Gasteiger partial charge on any atom is 0.142 e. The summed E-state index contributed by atoms with van der Waals surface area (Å²) >= 11 is 12.5. The SMILES string of the molecule is CC(=Cc1c[nH]c2ncc(-c3cnn(C4CCNCC4)c3)cc12)c1c(Cl)ccc(F)c1Cl. The van der Waals surface area contributed by atoms with Crippen LogP contribution in [0.1, 0.15) is 36.9 Å². The maximum atomic E-state index is 14.0. The van der Waals surface area contributed by atoms with Crippen LogP contribution in [0.25, 0.3) is 33.8 Å². The molecule has 4 heterocycles. The number of allylic oxidation sites excluding steroid dienone is 1. The second-order valence-corrected chi connectivity index (χ2v) is 8.89. The highest BCUT2D eigenvalue weighted by Crippen LogP contribution is 2.35. The van der Waals surface area contributed by atoms with Gasteiger partial charge in [-0.05, 0) is 62.7 Å². The Kier molecular flexibility index (Phi) is 5.76. The molecule has 0 bridgehead atoms. The summed E-state index contributed by atoms with van der Waals surface area (Å²) in [7, 11) is 0. The van der Waals surface area contributed by atoms with E-state index in [9.17, 15) is 4.39 Å². The highest BCUT2D eigenvalue weighted by atomic mass is 35.5. The van der Waals surface area contributed by atoms with E-state index in [1.807, 2.05) is 31.6 Å². The number of nitrogens with zero attached hydrogens (tertiary/aromatic N) is 3. The molecule has 0 radical (unpaired) electrons. The molecule has 5 nitrogen and oxygen atoms in total. The summed E-state index contributed by atoms with van der Waals surface area (Å²) in [5.74, 6) is -0.493. The fraction of sp³-hybridized carbons (Fsp3) is 0.250. The van der Waals surface area contributed by atoms with Crippen LogP contribution in [0, 0.1) is 5.82 Å². The first-order chi connectivity index (χ1) is 15.5. The van der Waals surface area contributed by atoms with Gasteiger partial charge in [0.05, 0.1) is 17.3 Å². The smallest absolute Gasteiger partial charge is 0.142 e. The molecule has 3 aromatic heterocycles. The topological polar surface area (TPSA) is 58.5 Å². The molecule has 0 unspecified atom stereocenters. The van der Waals surface area contributed by atoms with Crippen molar-refractivity contribution in [2.24, 2.45) is 0 Å². The Hall–Kier alpha value is -2.67. The molecule has 0 atom stereocenters. The number of benzene rings is 1. The fourth-order valence-electron chi connectivity index (χ4n) is 4.25. The number of hydrogen-bond acceptors (Lipinski definition) is 3. The predicted octanol–water partition coefficient (Wildman–Crippen LogP) is 6.36. The predicted molar refractivity (Wildman–Crippen MR) is 128 cm³/mol. The van der Waals surface area contributed by atoms with Gasteiger partial charge in [0, 0.05) is 51.3 Å². The number of halogens is 3. The Labute approximate surface area is 195 Å². The van der Waals surface area contributed by atoms with E-state index in [0.717, 1.165) is 59.2 Å². The van der Waals surface area contributed by atoms with Crippen molar-refractivity contribution in [1.82, 2.24) is 25.1 Å². The van der Waals surface area contributed by atoms with Crippen molar-refractivity contribution in [1.29, 1.82) is 0 Å². The summed E-state index contributed by atoms with van der Waals surface area (Å²) in [6.07, 6.45) is 11.8. The van der Waals surface area contributed by atoms with Gasteiger partial charge >= 0.3 is 0 Å². The van der Waals surface area contributed by atoms with E-state index < -0.39 is 5.82 Å². The van der Waals surface area contributed by atoms with E-state index >= 15 is 0 Å². The molecule has 1 fully saturated rings. The number of rotatable bonds is 4. The van der Waals surface area contributed by atoms with E-state index in [0.29, 0.717) is 16.6 Å². The first-order valence-corrected chi connectivity index (χ1v) is 11.3. The molecular formula is C24H22Cl2FN5. The molecule has 1 saturated heterocycles. The van der Waals surface area contributed by atoms with Crippen LogP contribution in [-0.4, -0.2) is 32.8 Å². The fourth-order valence-corrected chi connectivity index (χ4v) is 4.92. The molecule has 32 heavy (non-hydrogen) atoms. The number of aromatic amines is 1. The largest absolute Gasteiger partial charge is 0.346 e. The van der Waals surface area contributed by atoms with Crippen molar-refractivity contribution < 1.29 is 4.39 Å². The standard InChI is InChI=1S/C24H22Cl2FN5/c1-14(22-20(25)2-3-21(27)23(22)26)8-16-11-30-24-19(16)9-15(10-29-24)17-12-31-32(13-17)18-4-6-28-7-5-18/h2-3,8-13,18,28H,4-7H2,1H3,(H,29,30). The second-order valence-electron chi connectivity index (χ2n) is 8.10. The average molecular weight is 470 g/mol. The van der Waals surface area contributed by atoms with Crippen LogP contribution in [0.3, 0.4) is 0 Å². The first kappa shape index (κ1) is 21.2. The second kappa shape index (κ2) is 8.70. The Morgan fingerprint density at radius 3 is 2.81 bits per heavy atom. The minimum absolute atomic E-state index is 0.0234. The zero-order chi connectivity index (χ0) is 22.2. The van der Waals surface area contributed by atoms with Gasteiger partial charge in [-0.2, -0.15) is 5.10 Å². The number of H-pyrrole nitrogens is 1. The number of hydrogen-bond donors (Lipinski definition) is 2. The van der Waals surface area contributed by atoms with Crippen LogP contribution < -0.4 is 5.32 Å². The highest BCUT2D eigenvalue weighted by Gasteiger charge is 2.17. The number of fused-ring (bicyclic) bond motifs is 1. The van der Waals surface area contributed by atoms with Gasteiger partial charge in [-0.15, -0.1) is 0 Å². The van der Waals surface area contributed by atoms with Crippen molar-refractivity contribution in [2.45, 2.75) is 25.8 Å². The van der Waals surface area contributed by atoms with E-state index in [1.54, 1.807) is 0 Å². The van der Waals surface area contributed by atoms with Crippen molar-refractivity contribution >= 4 is 45.9 Å². The molecule has 1 aliphatic heterocycles. The molecule has 5 rings (SSSR count). The number of pyridine rings is 1. The number of piperidine rings is 1. The Morgan fingerprint density at radius 2 is 2.00 bits per heavy atom. The minimum atomic E-state index is -0.493. The van der Waals surface area contributed by atoms with Gasteiger partial charge in [-0.3, -0.25) is 4.68 Å². The van der Waals surface area contributed by atoms with Crippen molar-refractivity contribution in [3.8, 4) is 11.1 Å². The van der Waals surface area contributed by atoms with Gasteiger partial charge in [0.1, 0.15) is 11.5 Å². The zero-order valence-corrected chi connectivity index (χ0v) is 19.0. The summed E-state index contributed by atoms with van der Waals surface area (Å²) < 4.78 is 16.0.